The Morgan fingerprint density at radius 2 is 2.15 bits per heavy atom. The maximum atomic E-state index is 4.61. The molecule has 1 aromatic rings. The summed E-state index contributed by atoms with van der Waals surface area (Å²) in [5.74, 6) is 0. The summed E-state index contributed by atoms with van der Waals surface area (Å²) in [6, 6.07) is 1.10. The predicted molar refractivity (Wildman–Crippen MR) is 87.5 cm³/mol. The van der Waals surface area contributed by atoms with Crippen molar-refractivity contribution in [2.45, 2.75) is 72.0 Å². The third-order valence-corrected chi connectivity index (χ3v) is 6.08. The van der Waals surface area contributed by atoms with Crippen molar-refractivity contribution >= 4 is 11.3 Å². The van der Waals surface area contributed by atoms with Crippen molar-refractivity contribution in [2.75, 3.05) is 13.1 Å². The van der Waals surface area contributed by atoms with Gasteiger partial charge in [-0.25, -0.2) is 4.98 Å². The van der Waals surface area contributed by atoms with Crippen LogP contribution in [0.25, 0.3) is 0 Å². The highest BCUT2D eigenvalue weighted by Crippen LogP contribution is 2.34. The SMILES string of the molecule is CCC1CNC(C)(CC)CN1C(C)c1sc(C)nc1C. The molecule has 1 aromatic heterocycles. The number of thiazole rings is 1. The second kappa shape index (κ2) is 6.12. The molecule has 1 N–H and O–H groups in total. The van der Waals surface area contributed by atoms with Crippen LogP contribution in [0.2, 0.25) is 0 Å². The number of hydrogen-bond acceptors (Lipinski definition) is 4. The van der Waals surface area contributed by atoms with Crippen molar-refractivity contribution in [1.82, 2.24) is 15.2 Å². The maximum absolute atomic E-state index is 4.61. The molecule has 114 valence electrons. The van der Waals surface area contributed by atoms with Crippen LogP contribution in [0, 0.1) is 13.8 Å². The number of aryl methyl sites for hydroxylation is 2. The van der Waals surface area contributed by atoms with Gasteiger partial charge in [-0.15, -0.1) is 11.3 Å². The summed E-state index contributed by atoms with van der Waals surface area (Å²) in [6.45, 7) is 15.8. The van der Waals surface area contributed by atoms with Crippen LogP contribution in [0.5, 0.6) is 0 Å². The third kappa shape index (κ3) is 3.07. The zero-order valence-corrected chi connectivity index (χ0v) is 14.6. The molecular formula is C16H29N3S. The summed E-state index contributed by atoms with van der Waals surface area (Å²) in [5, 5.41) is 4.93. The van der Waals surface area contributed by atoms with Crippen molar-refractivity contribution in [3.63, 3.8) is 0 Å². The Morgan fingerprint density at radius 3 is 2.65 bits per heavy atom. The van der Waals surface area contributed by atoms with Crippen LogP contribution < -0.4 is 5.32 Å². The largest absolute Gasteiger partial charge is 0.309 e. The molecule has 1 fully saturated rings. The molecular weight excluding hydrogens is 266 g/mol. The summed E-state index contributed by atoms with van der Waals surface area (Å²) < 4.78 is 0. The highest BCUT2D eigenvalue weighted by atomic mass is 32.1. The predicted octanol–water partition coefficient (Wildman–Crippen LogP) is 3.67. The topological polar surface area (TPSA) is 28.2 Å². The molecule has 2 rings (SSSR count). The highest BCUT2D eigenvalue weighted by molar-refractivity contribution is 7.11. The van der Waals surface area contributed by atoms with Gasteiger partial charge < -0.3 is 5.32 Å². The monoisotopic (exact) mass is 295 g/mol. The number of nitrogens with one attached hydrogen (secondary N) is 1. The summed E-state index contributed by atoms with van der Waals surface area (Å²) in [7, 11) is 0. The van der Waals surface area contributed by atoms with E-state index in [1.807, 2.05) is 11.3 Å². The van der Waals surface area contributed by atoms with Gasteiger partial charge in [-0.2, -0.15) is 0 Å². The zero-order valence-electron chi connectivity index (χ0n) is 13.8. The number of nitrogens with zero attached hydrogens (tertiary/aromatic N) is 2. The number of aromatic nitrogens is 1. The third-order valence-electron chi connectivity index (χ3n) is 4.83. The lowest BCUT2D eigenvalue weighted by Crippen LogP contribution is -2.62. The quantitative estimate of drug-likeness (QED) is 0.918. The molecule has 0 aliphatic carbocycles. The summed E-state index contributed by atoms with van der Waals surface area (Å²) >= 11 is 1.86. The van der Waals surface area contributed by atoms with Crippen LogP contribution in [-0.2, 0) is 0 Å². The molecule has 0 amide bonds. The van der Waals surface area contributed by atoms with E-state index in [4.69, 9.17) is 0 Å². The van der Waals surface area contributed by atoms with Gasteiger partial charge in [0.25, 0.3) is 0 Å². The van der Waals surface area contributed by atoms with Crippen LogP contribution in [0.3, 0.4) is 0 Å². The smallest absolute Gasteiger partial charge is 0.0900 e. The van der Waals surface area contributed by atoms with Gasteiger partial charge in [-0.3, -0.25) is 4.90 Å². The van der Waals surface area contributed by atoms with E-state index in [1.54, 1.807) is 0 Å². The molecule has 3 unspecified atom stereocenters. The van der Waals surface area contributed by atoms with Gasteiger partial charge in [0.2, 0.25) is 0 Å². The molecule has 0 spiro atoms. The molecule has 3 atom stereocenters. The fourth-order valence-corrected chi connectivity index (χ4v) is 4.22. The van der Waals surface area contributed by atoms with E-state index in [-0.39, 0.29) is 5.54 Å². The molecule has 20 heavy (non-hydrogen) atoms. The van der Waals surface area contributed by atoms with Gasteiger partial charge in [0.05, 0.1) is 10.7 Å². The standard InChI is InChI=1S/C16H29N3S/c1-7-14-9-17-16(6,8-2)10-19(14)12(4)15-11(3)18-13(5)20-15/h12,14,17H,7-10H2,1-6H3. The Hall–Kier alpha value is -0.450. The number of hydrogen-bond donors (Lipinski definition) is 1. The van der Waals surface area contributed by atoms with Gasteiger partial charge in [-0.1, -0.05) is 13.8 Å². The molecule has 0 bridgehead atoms. The number of rotatable bonds is 4. The Balaban J connectivity index is 2.24. The van der Waals surface area contributed by atoms with Gasteiger partial charge in [-0.05, 0) is 40.5 Å². The molecule has 1 aliphatic rings. The molecule has 0 radical (unpaired) electrons. The van der Waals surface area contributed by atoms with Gasteiger partial charge >= 0.3 is 0 Å². The Kier molecular flexibility index (Phi) is 4.88. The Bertz CT molecular complexity index is 457. The van der Waals surface area contributed by atoms with E-state index in [2.05, 4.69) is 56.7 Å². The summed E-state index contributed by atoms with van der Waals surface area (Å²) in [5.41, 5.74) is 1.46. The zero-order chi connectivity index (χ0) is 14.9. The molecule has 4 heteroatoms. The first-order valence-corrected chi connectivity index (χ1v) is 8.66. The molecule has 0 aromatic carbocycles. The van der Waals surface area contributed by atoms with Crippen LogP contribution in [0.1, 0.15) is 62.2 Å². The van der Waals surface area contributed by atoms with E-state index in [1.165, 1.54) is 28.4 Å². The van der Waals surface area contributed by atoms with Crippen LogP contribution in [0.4, 0.5) is 0 Å². The van der Waals surface area contributed by atoms with Crippen molar-refractivity contribution in [2.24, 2.45) is 0 Å². The Morgan fingerprint density at radius 1 is 1.45 bits per heavy atom. The average Bonchev–Trinajstić information content (AvgIpc) is 2.77. The van der Waals surface area contributed by atoms with E-state index < -0.39 is 0 Å². The van der Waals surface area contributed by atoms with Crippen molar-refractivity contribution in [1.29, 1.82) is 0 Å². The molecule has 0 saturated carbocycles. The van der Waals surface area contributed by atoms with Crippen LogP contribution in [0.15, 0.2) is 0 Å². The molecule has 1 saturated heterocycles. The van der Waals surface area contributed by atoms with Crippen molar-refractivity contribution < 1.29 is 0 Å². The second-order valence-electron chi connectivity index (χ2n) is 6.39. The van der Waals surface area contributed by atoms with E-state index in [0.29, 0.717) is 12.1 Å². The lowest BCUT2D eigenvalue weighted by molar-refractivity contribution is 0.0503. The minimum atomic E-state index is 0.244. The minimum Gasteiger partial charge on any atom is -0.309 e. The lowest BCUT2D eigenvalue weighted by Gasteiger charge is -2.48. The Labute approximate surface area is 127 Å². The van der Waals surface area contributed by atoms with Gasteiger partial charge in [0, 0.05) is 35.6 Å². The van der Waals surface area contributed by atoms with Gasteiger partial charge in [0.15, 0.2) is 0 Å². The van der Waals surface area contributed by atoms with E-state index >= 15 is 0 Å². The fraction of sp³-hybridized carbons (Fsp3) is 0.812. The first kappa shape index (κ1) is 15.9. The van der Waals surface area contributed by atoms with E-state index in [9.17, 15) is 0 Å². The van der Waals surface area contributed by atoms with Crippen molar-refractivity contribution in [3.05, 3.63) is 15.6 Å². The summed E-state index contributed by atoms with van der Waals surface area (Å²) in [6.07, 6.45) is 2.38. The summed E-state index contributed by atoms with van der Waals surface area (Å²) in [4.78, 5) is 8.75. The fourth-order valence-electron chi connectivity index (χ4n) is 3.22. The van der Waals surface area contributed by atoms with Crippen LogP contribution in [-0.4, -0.2) is 34.6 Å². The number of piperazine rings is 1. The van der Waals surface area contributed by atoms with Crippen molar-refractivity contribution in [3.8, 4) is 0 Å². The highest BCUT2D eigenvalue weighted by Gasteiger charge is 2.37. The average molecular weight is 295 g/mol. The molecule has 3 nitrogen and oxygen atoms in total. The normalized spacial score (nSPS) is 29.6. The lowest BCUT2D eigenvalue weighted by atomic mass is 9.91. The first-order valence-electron chi connectivity index (χ1n) is 7.85. The molecule has 2 heterocycles. The van der Waals surface area contributed by atoms with Gasteiger partial charge in [0.1, 0.15) is 0 Å². The maximum Gasteiger partial charge on any atom is 0.0900 e. The van der Waals surface area contributed by atoms with E-state index in [0.717, 1.165) is 13.1 Å². The second-order valence-corrected chi connectivity index (χ2v) is 7.62. The first-order chi connectivity index (χ1) is 9.40. The molecule has 1 aliphatic heterocycles. The van der Waals surface area contributed by atoms with Crippen LogP contribution >= 0.6 is 11.3 Å². The minimum absolute atomic E-state index is 0.244.